The van der Waals surface area contributed by atoms with E-state index in [-0.39, 0.29) is 5.56 Å². The number of anilines is 1. The van der Waals surface area contributed by atoms with Gasteiger partial charge in [0.25, 0.3) is 5.91 Å². The Morgan fingerprint density at radius 3 is 2.76 bits per heavy atom. The third kappa shape index (κ3) is 3.77. The van der Waals surface area contributed by atoms with Crippen LogP contribution in [-0.2, 0) is 0 Å². The molecule has 1 N–H and O–H groups in total. The molecular weight excluding hydrogens is 313 g/mol. The third-order valence-corrected chi connectivity index (χ3v) is 4.41. The number of carbonyl (C=O) groups is 1. The molecule has 0 aliphatic rings. The highest BCUT2D eigenvalue weighted by atomic mass is 35.5. The van der Waals surface area contributed by atoms with Crippen molar-refractivity contribution in [3.8, 4) is 0 Å². The van der Waals surface area contributed by atoms with Crippen LogP contribution < -0.4 is 5.32 Å². The van der Waals surface area contributed by atoms with Gasteiger partial charge in [0, 0.05) is 10.9 Å². The summed E-state index contributed by atoms with van der Waals surface area (Å²) < 4.78 is 13.6. The number of rotatable bonds is 5. The van der Waals surface area contributed by atoms with Crippen LogP contribution in [0.3, 0.4) is 0 Å². The topological polar surface area (TPSA) is 54.9 Å². The molecular formula is C14H15ClFN3OS. The summed E-state index contributed by atoms with van der Waals surface area (Å²) in [7, 11) is 0. The lowest BCUT2D eigenvalue weighted by Gasteiger charge is -2.06. The lowest BCUT2D eigenvalue weighted by Crippen LogP contribution is -2.13. The summed E-state index contributed by atoms with van der Waals surface area (Å²) >= 11 is 7.09. The summed E-state index contributed by atoms with van der Waals surface area (Å²) in [5, 5.41) is 12.1. The monoisotopic (exact) mass is 327 g/mol. The molecule has 0 unspecified atom stereocenters. The molecule has 4 nitrogen and oxygen atoms in total. The average molecular weight is 328 g/mol. The molecule has 21 heavy (non-hydrogen) atoms. The van der Waals surface area contributed by atoms with Crippen molar-refractivity contribution >= 4 is 34.0 Å². The molecule has 1 heterocycles. The molecule has 7 heteroatoms. The second-order valence-electron chi connectivity index (χ2n) is 4.54. The van der Waals surface area contributed by atoms with E-state index >= 15 is 0 Å². The summed E-state index contributed by atoms with van der Waals surface area (Å²) in [6.45, 7) is 4.16. The Kier molecular flexibility index (Phi) is 5.25. The van der Waals surface area contributed by atoms with E-state index in [1.165, 1.54) is 23.5 Å². The smallest absolute Gasteiger partial charge is 0.260 e. The minimum absolute atomic E-state index is 0.109. The van der Waals surface area contributed by atoms with Crippen molar-refractivity contribution in [1.82, 2.24) is 10.2 Å². The molecule has 1 amide bonds. The van der Waals surface area contributed by atoms with Gasteiger partial charge in [-0.1, -0.05) is 36.8 Å². The van der Waals surface area contributed by atoms with Crippen LogP contribution in [0.1, 0.15) is 48.0 Å². The fraction of sp³-hybridized carbons (Fsp3) is 0.357. The SMILES string of the molecule is CCC(CC)c1nnc(NC(=O)c2cc(Cl)ccc2F)s1. The van der Waals surface area contributed by atoms with Gasteiger partial charge < -0.3 is 0 Å². The maximum Gasteiger partial charge on any atom is 0.260 e. The number of nitrogens with zero attached hydrogens (tertiary/aromatic N) is 2. The third-order valence-electron chi connectivity index (χ3n) is 3.17. The normalized spacial score (nSPS) is 10.9. The molecule has 0 spiro atoms. The van der Waals surface area contributed by atoms with Crippen LogP contribution in [0.15, 0.2) is 18.2 Å². The van der Waals surface area contributed by atoms with Crippen LogP contribution in [0.4, 0.5) is 9.52 Å². The van der Waals surface area contributed by atoms with Crippen molar-refractivity contribution in [2.45, 2.75) is 32.6 Å². The molecule has 0 saturated carbocycles. The van der Waals surface area contributed by atoms with Crippen LogP contribution in [0.25, 0.3) is 0 Å². The zero-order chi connectivity index (χ0) is 15.4. The Morgan fingerprint density at radius 1 is 1.38 bits per heavy atom. The molecule has 0 saturated heterocycles. The van der Waals surface area contributed by atoms with Crippen LogP contribution in [0, 0.1) is 5.82 Å². The molecule has 2 rings (SSSR count). The molecule has 0 atom stereocenters. The number of hydrogen-bond donors (Lipinski definition) is 1. The number of hydrogen-bond acceptors (Lipinski definition) is 4. The Hall–Kier alpha value is -1.53. The van der Waals surface area contributed by atoms with Crippen molar-refractivity contribution in [2.75, 3.05) is 5.32 Å². The van der Waals surface area contributed by atoms with Crippen LogP contribution >= 0.6 is 22.9 Å². The van der Waals surface area contributed by atoms with Gasteiger partial charge in [-0.15, -0.1) is 10.2 Å². The van der Waals surface area contributed by atoms with Crippen molar-refractivity contribution in [3.05, 3.63) is 39.6 Å². The van der Waals surface area contributed by atoms with Gasteiger partial charge in [0.1, 0.15) is 10.8 Å². The van der Waals surface area contributed by atoms with E-state index in [1.54, 1.807) is 0 Å². The lowest BCUT2D eigenvalue weighted by molar-refractivity contribution is 0.102. The van der Waals surface area contributed by atoms with Gasteiger partial charge in [-0.25, -0.2) is 4.39 Å². The first-order valence-electron chi connectivity index (χ1n) is 6.64. The van der Waals surface area contributed by atoms with Gasteiger partial charge in [0.15, 0.2) is 0 Å². The van der Waals surface area contributed by atoms with E-state index < -0.39 is 11.7 Å². The highest BCUT2D eigenvalue weighted by molar-refractivity contribution is 7.15. The minimum atomic E-state index is -0.623. The summed E-state index contributed by atoms with van der Waals surface area (Å²) in [5.74, 6) is -0.875. The van der Waals surface area contributed by atoms with Crippen molar-refractivity contribution < 1.29 is 9.18 Å². The molecule has 2 aromatic rings. The Labute approximate surface area is 131 Å². The second-order valence-corrected chi connectivity index (χ2v) is 5.98. The van der Waals surface area contributed by atoms with E-state index in [0.29, 0.717) is 16.1 Å². The number of amides is 1. The molecule has 1 aromatic carbocycles. The number of nitrogens with one attached hydrogen (secondary N) is 1. The standard InChI is InChI=1S/C14H15ClFN3OS/c1-3-8(4-2)13-18-19-14(21-13)17-12(20)10-7-9(15)5-6-11(10)16/h5-8H,3-4H2,1-2H3,(H,17,19,20). The lowest BCUT2D eigenvalue weighted by atomic mass is 10.1. The quantitative estimate of drug-likeness (QED) is 0.880. The fourth-order valence-electron chi connectivity index (χ4n) is 1.92. The summed E-state index contributed by atoms with van der Waals surface area (Å²) in [4.78, 5) is 12.0. The van der Waals surface area contributed by atoms with Crippen LogP contribution in [-0.4, -0.2) is 16.1 Å². The zero-order valence-corrected chi connectivity index (χ0v) is 13.3. The molecule has 112 valence electrons. The molecule has 0 aliphatic carbocycles. The molecule has 0 radical (unpaired) electrons. The number of benzene rings is 1. The van der Waals surface area contributed by atoms with Crippen LogP contribution in [0.2, 0.25) is 5.02 Å². The highest BCUT2D eigenvalue weighted by Gasteiger charge is 2.17. The summed E-state index contributed by atoms with van der Waals surface area (Å²) in [6, 6.07) is 3.84. The first kappa shape index (κ1) is 15.9. The van der Waals surface area contributed by atoms with Gasteiger partial charge >= 0.3 is 0 Å². The average Bonchev–Trinajstić information content (AvgIpc) is 2.91. The second kappa shape index (κ2) is 6.95. The highest BCUT2D eigenvalue weighted by Crippen LogP contribution is 2.28. The number of halogens is 2. The summed E-state index contributed by atoms with van der Waals surface area (Å²) in [5.41, 5.74) is -0.109. The van der Waals surface area contributed by atoms with Gasteiger partial charge in [0.05, 0.1) is 5.56 Å². The van der Waals surface area contributed by atoms with Crippen molar-refractivity contribution in [3.63, 3.8) is 0 Å². The van der Waals surface area contributed by atoms with Crippen molar-refractivity contribution in [1.29, 1.82) is 0 Å². The first-order chi connectivity index (χ1) is 10.0. The summed E-state index contributed by atoms with van der Waals surface area (Å²) in [6.07, 6.45) is 1.92. The fourth-order valence-corrected chi connectivity index (χ4v) is 3.10. The number of aromatic nitrogens is 2. The van der Waals surface area contributed by atoms with Gasteiger partial charge in [-0.05, 0) is 31.0 Å². The Bertz CT molecular complexity index is 643. The molecule has 1 aromatic heterocycles. The van der Waals surface area contributed by atoms with E-state index in [0.717, 1.165) is 23.9 Å². The number of carbonyl (C=O) groups excluding carboxylic acids is 1. The maximum atomic E-state index is 13.6. The predicted molar refractivity (Wildman–Crippen MR) is 82.6 cm³/mol. The van der Waals surface area contributed by atoms with Gasteiger partial charge in [-0.2, -0.15) is 0 Å². The minimum Gasteiger partial charge on any atom is -0.296 e. The largest absolute Gasteiger partial charge is 0.296 e. The van der Waals surface area contributed by atoms with Gasteiger partial charge in [0.2, 0.25) is 5.13 Å². The van der Waals surface area contributed by atoms with E-state index in [9.17, 15) is 9.18 Å². The maximum absolute atomic E-state index is 13.6. The van der Waals surface area contributed by atoms with Crippen molar-refractivity contribution in [2.24, 2.45) is 0 Å². The molecule has 0 fully saturated rings. The van der Waals surface area contributed by atoms with Crippen LogP contribution in [0.5, 0.6) is 0 Å². The Balaban J connectivity index is 2.15. The first-order valence-corrected chi connectivity index (χ1v) is 7.84. The Morgan fingerprint density at radius 2 is 2.10 bits per heavy atom. The van der Waals surface area contributed by atoms with E-state index in [4.69, 9.17) is 11.6 Å². The molecule has 0 aliphatic heterocycles. The zero-order valence-electron chi connectivity index (χ0n) is 11.7. The van der Waals surface area contributed by atoms with Gasteiger partial charge in [-0.3, -0.25) is 10.1 Å². The molecule has 0 bridgehead atoms. The van der Waals surface area contributed by atoms with E-state index in [1.807, 2.05) is 0 Å². The van der Waals surface area contributed by atoms with E-state index in [2.05, 4.69) is 29.4 Å². The predicted octanol–water partition coefficient (Wildman–Crippen LogP) is 4.49.